The second-order valence-electron chi connectivity index (χ2n) is 4.56. The summed E-state index contributed by atoms with van der Waals surface area (Å²) < 4.78 is 27.7. The van der Waals surface area contributed by atoms with Gasteiger partial charge in [-0.25, -0.2) is 0 Å². The molecule has 1 unspecified atom stereocenters. The number of likely N-dealkylation sites (tertiary alicyclic amines) is 1. The maximum absolute atomic E-state index is 11.9. The molecule has 0 radical (unpaired) electrons. The molecule has 0 spiro atoms. The van der Waals surface area contributed by atoms with Crippen LogP contribution in [0.4, 0.5) is 0 Å². The van der Waals surface area contributed by atoms with Gasteiger partial charge in [-0.1, -0.05) is 12.1 Å². The zero-order chi connectivity index (χ0) is 12.8. The number of hydrogen-bond donors (Lipinski definition) is 1. The molecule has 0 saturated carbocycles. The van der Waals surface area contributed by atoms with Crippen molar-refractivity contribution < 1.29 is 13.5 Å². The number of benzene rings is 1. The van der Waals surface area contributed by atoms with Gasteiger partial charge in [0.25, 0.3) is 10.0 Å². The maximum Gasteiger partial charge on any atom is 0.285 e. The first-order chi connectivity index (χ1) is 8.63. The Labute approximate surface area is 106 Å². The number of aliphatic hydroxyl groups is 1. The highest BCUT2D eigenvalue weighted by atomic mass is 32.2. The van der Waals surface area contributed by atoms with Crippen molar-refractivity contribution in [2.75, 3.05) is 13.2 Å². The van der Waals surface area contributed by atoms with E-state index in [0.717, 1.165) is 19.4 Å². The van der Waals surface area contributed by atoms with Crippen LogP contribution in [0, 0.1) is 0 Å². The van der Waals surface area contributed by atoms with Gasteiger partial charge in [0.2, 0.25) is 0 Å². The summed E-state index contributed by atoms with van der Waals surface area (Å²) in [6, 6.07) is 6.82. The minimum absolute atomic E-state index is 0.0230. The van der Waals surface area contributed by atoms with Crippen LogP contribution in [0.3, 0.4) is 0 Å². The summed E-state index contributed by atoms with van der Waals surface area (Å²) in [5.74, 6) is 0.488. The van der Waals surface area contributed by atoms with Crippen LogP contribution in [-0.4, -0.2) is 43.5 Å². The number of hydrogen-bond acceptors (Lipinski definition) is 4. The molecule has 2 aliphatic heterocycles. The molecule has 1 N–H and O–H groups in total. The third-order valence-corrected chi connectivity index (χ3v) is 4.80. The molecule has 1 fully saturated rings. The molecule has 18 heavy (non-hydrogen) atoms. The lowest BCUT2D eigenvalue weighted by molar-refractivity contribution is 0.209. The fraction of sp³-hybridized carbons (Fsp3) is 0.417. The molecule has 1 saturated heterocycles. The van der Waals surface area contributed by atoms with Gasteiger partial charge in [0.1, 0.15) is 4.90 Å². The Morgan fingerprint density at radius 3 is 2.94 bits per heavy atom. The first kappa shape index (κ1) is 11.7. The molecule has 1 aromatic carbocycles. The van der Waals surface area contributed by atoms with E-state index in [9.17, 15) is 13.5 Å². The van der Waals surface area contributed by atoms with E-state index < -0.39 is 10.0 Å². The predicted molar refractivity (Wildman–Crippen MR) is 67.0 cm³/mol. The van der Waals surface area contributed by atoms with E-state index in [1.165, 1.54) is 0 Å². The summed E-state index contributed by atoms with van der Waals surface area (Å²) in [5, 5.41) is 9.33. The largest absolute Gasteiger partial charge is 0.394 e. The molecular formula is C12H14N2O3S. The number of nitrogens with zero attached hydrogens (tertiary/aromatic N) is 2. The van der Waals surface area contributed by atoms with Crippen molar-refractivity contribution in [1.29, 1.82) is 0 Å². The molecule has 2 heterocycles. The summed E-state index contributed by atoms with van der Waals surface area (Å²) in [5.41, 5.74) is 0.651. The second-order valence-corrected chi connectivity index (χ2v) is 6.13. The number of rotatable bonds is 1. The van der Waals surface area contributed by atoms with Crippen LogP contribution in [0.1, 0.15) is 18.4 Å². The highest BCUT2D eigenvalue weighted by molar-refractivity contribution is 7.90. The molecular weight excluding hydrogens is 252 g/mol. The minimum atomic E-state index is -3.56. The van der Waals surface area contributed by atoms with Crippen molar-refractivity contribution in [1.82, 2.24) is 4.90 Å². The fourth-order valence-corrected chi connectivity index (χ4v) is 3.82. The summed E-state index contributed by atoms with van der Waals surface area (Å²) >= 11 is 0. The monoisotopic (exact) mass is 266 g/mol. The normalized spacial score (nSPS) is 25.1. The molecule has 2 aliphatic rings. The lowest BCUT2D eigenvalue weighted by Gasteiger charge is -2.24. The first-order valence-corrected chi connectivity index (χ1v) is 7.39. The van der Waals surface area contributed by atoms with Crippen molar-refractivity contribution in [3.8, 4) is 0 Å². The SMILES string of the molecule is O=S1(=O)N=C(N2CCCC2CO)c2ccccc21. The predicted octanol–water partition coefficient (Wildman–Crippen LogP) is 0.592. The molecule has 0 aliphatic carbocycles. The highest BCUT2D eigenvalue weighted by Crippen LogP contribution is 2.30. The van der Waals surface area contributed by atoms with Gasteiger partial charge in [-0.15, -0.1) is 4.40 Å². The average Bonchev–Trinajstić information content (AvgIpc) is 2.92. The van der Waals surface area contributed by atoms with Gasteiger partial charge in [0, 0.05) is 12.1 Å². The number of fused-ring (bicyclic) bond motifs is 1. The molecule has 6 heteroatoms. The topological polar surface area (TPSA) is 70.0 Å². The van der Waals surface area contributed by atoms with Gasteiger partial charge in [-0.2, -0.15) is 8.42 Å². The third-order valence-electron chi connectivity index (χ3n) is 3.47. The molecule has 0 amide bonds. The highest BCUT2D eigenvalue weighted by Gasteiger charge is 2.35. The Bertz CT molecular complexity index is 610. The standard InChI is InChI=1S/C12H14N2O3S/c15-8-9-4-3-7-14(9)12-10-5-1-2-6-11(10)18(16,17)13-12/h1-2,5-6,9,15H,3-4,7-8H2. The zero-order valence-corrected chi connectivity index (χ0v) is 10.6. The Morgan fingerprint density at radius 1 is 1.39 bits per heavy atom. The van der Waals surface area contributed by atoms with Crippen molar-refractivity contribution in [3.63, 3.8) is 0 Å². The fourth-order valence-electron chi connectivity index (χ4n) is 2.60. The number of sulfonamides is 1. The molecule has 1 aromatic rings. The van der Waals surface area contributed by atoms with Crippen molar-refractivity contribution in [2.24, 2.45) is 4.40 Å². The average molecular weight is 266 g/mol. The second kappa shape index (κ2) is 4.07. The quantitative estimate of drug-likeness (QED) is 0.807. The van der Waals surface area contributed by atoms with Gasteiger partial charge in [0.05, 0.1) is 12.6 Å². The van der Waals surface area contributed by atoms with Crippen molar-refractivity contribution in [2.45, 2.75) is 23.8 Å². The summed E-state index contributed by atoms with van der Waals surface area (Å²) in [6.45, 7) is 0.773. The van der Waals surface area contributed by atoms with Gasteiger partial charge >= 0.3 is 0 Å². The molecule has 5 nitrogen and oxygen atoms in total. The maximum atomic E-state index is 11.9. The lowest BCUT2D eigenvalue weighted by atomic mass is 10.1. The van der Waals surface area contributed by atoms with Crippen LogP contribution < -0.4 is 0 Å². The minimum Gasteiger partial charge on any atom is -0.394 e. The molecule has 0 aromatic heterocycles. The number of amidine groups is 1. The lowest BCUT2D eigenvalue weighted by Crippen LogP contribution is -2.37. The van der Waals surface area contributed by atoms with Crippen LogP contribution >= 0.6 is 0 Å². The molecule has 1 atom stereocenters. The van der Waals surface area contributed by atoms with Gasteiger partial charge in [-0.3, -0.25) is 0 Å². The van der Waals surface area contributed by atoms with E-state index in [1.54, 1.807) is 24.3 Å². The van der Waals surface area contributed by atoms with Crippen molar-refractivity contribution >= 4 is 15.9 Å². The molecule has 0 bridgehead atoms. The molecule has 3 rings (SSSR count). The van der Waals surface area contributed by atoms with Crippen molar-refractivity contribution in [3.05, 3.63) is 29.8 Å². The third kappa shape index (κ3) is 1.64. The Hall–Kier alpha value is -1.40. The van der Waals surface area contributed by atoms with Crippen LogP contribution in [0.25, 0.3) is 0 Å². The Balaban J connectivity index is 2.09. The summed E-state index contributed by atoms with van der Waals surface area (Å²) in [6.07, 6.45) is 1.82. The zero-order valence-electron chi connectivity index (χ0n) is 9.78. The van der Waals surface area contributed by atoms with Gasteiger partial charge in [0.15, 0.2) is 5.84 Å². The summed E-state index contributed by atoms with van der Waals surface area (Å²) in [4.78, 5) is 2.17. The van der Waals surface area contributed by atoms with Crippen LogP contribution in [0.15, 0.2) is 33.6 Å². The van der Waals surface area contributed by atoms with Crippen LogP contribution in [-0.2, 0) is 10.0 Å². The Kier molecular flexibility index (Phi) is 2.64. The van der Waals surface area contributed by atoms with E-state index >= 15 is 0 Å². The van der Waals surface area contributed by atoms with Gasteiger partial charge < -0.3 is 10.0 Å². The summed E-state index contributed by atoms with van der Waals surface area (Å²) in [7, 11) is -3.56. The smallest absolute Gasteiger partial charge is 0.285 e. The van der Waals surface area contributed by atoms with E-state index in [4.69, 9.17) is 0 Å². The van der Waals surface area contributed by atoms with E-state index in [0.29, 0.717) is 11.4 Å². The molecule has 96 valence electrons. The van der Waals surface area contributed by atoms with E-state index in [2.05, 4.69) is 4.40 Å². The van der Waals surface area contributed by atoms with Crippen LogP contribution in [0.2, 0.25) is 0 Å². The van der Waals surface area contributed by atoms with E-state index in [-0.39, 0.29) is 17.5 Å². The number of aliphatic hydroxyl groups excluding tert-OH is 1. The van der Waals surface area contributed by atoms with Crippen LogP contribution in [0.5, 0.6) is 0 Å². The Morgan fingerprint density at radius 2 is 2.17 bits per heavy atom. The van der Waals surface area contributed by atoms with Gasteiger partial charge in [-0.05, 0) is 25.0 Å². The first-order valence-electron chi connectivity index (χ1n) is 5.95. The van der Waals surface area contributed by atoms with E-state index in [1.807, 2.05) is 4.90 Å².